The number of hydrogen-bond acceptors (Lipinski definition) is 4. The quantitative estimate of drug-likeness (QED) is 0.908. The number of nitrogens with zero attached hydrogens (tertiary/aromatic N) is 3. The van der Waals surface area contributed by atoms with Crippen LogP contribution in [0.5, 0.6) is 0 Å². The van der Waals surface area contributed by atoms with E-state index in [1.165, 1.54) is 19.3 Å². The fraction of sp³-hybridized carbons (Fsp3) is 0.857. The lowest BCUT2D eigenvalue weighted by atomic mass is 9.93. The first kappa shape index (κ1) is 14.5. The first-order chi connectivity index (χ1) is 8.98. The van der Waals surface area contributed by atoms with Crippen LogP contribution in [0.15, 0.2) is 6.20 Å². The molecule has 1 aromatic heterocycles. The third kappa shape index (κ3) is 4.28. The molecule has 1 aliphatic rings. The Balaban J connectivity index is 1.93. The molecule has 1 heterocycles. The van der Waals surface area contributed by atoms with Crippen molar-refractivity contribution in [3.05, 3.63) is 11.9 Å². The summed E-state index contributed by atoms with van der Waals surface area (Å²) in [5.74, 6) is 0. The van der Waals surface area contributed by atoms with Crippen molar-refractivity contribution in [3.8, 4) is 0 Å². The molecule has 1 aromatic rings. The number of methoxy groups -OCH3 is 1. The van der Waals surface area contributed by atoms with E-state index in [1.54, 1.807) is 7.11 Å². The van der Waals surface area contributed by atoms with Crippen LogP contribution >= 0.6 is 0 Å². The number of rotatable bonds is 4. The van der Waals surface area contributed by atoms with Gasteiger partial charge in [-0.1, -0.05) is 5.21 Å². The molecule has 19 heavy (non-hydrogen) atoms. The van der Waals surface area contributed by atoms with E-state index in [0.29, 0.717) is 12.1 Å². The van der Waals surface area contributed by atoms with E-state index in [2.05, 4.69) is 42.6 Å². The van der Waals surface area contributed by atoms with Crippen molar-refractivity contribution in [1.29, 1.82) is 0 Å². The Kier molecular flexibility index (Phi) is 4.58. The van der Waals surface area contributed by atoms with Crippen LogP contribution in [0.25, 0.3) is 0 Å². The van der Waals surface area contributed by atoms with E-state index in [4.69, 9.17) is 4.74 Å². The second-order valence-corrected chi connectivity index (χ2v) is 6.47. The molecule has 0 radical (unpaired) electrons. The van der Waals surface area contributed by atoms with Gasteiger partial charge in [0.05, 0.1) is 24.0 Å². The molecule has 5 heteroatoms. The van der Waals surface area contributed by atoms with Gasteiger partial charge in [-0.05, 0) is 46.5 Å². The highest BCUT2D eigenvalue weighted by Crippen LogP contribution is 2.29. The van der Waals surface area contributed by atoms with Gasteiger partial charge in [-0.2, -0.15) is 0 Å². The highest BCUT2D eigenvalue weighted by atomic mass is 16.5. The Labute approximate surface area is 115 Å². The molecule has 5 nitrogen and oxygen atoms in total. The van der Waals surface area contributed by atoms with Crippen molar-refractivity contribution >= 4 is 0 Å². The van der Waals surface area contributed by atoms with E-state index in [1.807, 2.05) is 4.68 Å². The molecular formula is C14H26N4O. The normalized spacial score (nSPS) is 24.6. The number of nitrogens with one attached hydrogen (secondary N) is 1. The van der Waals surface area contributed by atoms with Gasteiger partial charge in [-0.25, -0.2) is 4.68 Å². The highest BCUT2D eigenvalue weighted by Gasteiger charge is 2.24. The molecule has 0 saturated heterocycles. The molecule has 2 unspecified atom stereocenters. The van der Waals surface area contributed by atoms with Crippen molar-refractivity contribution in [2.75, 3.05) is 7.11 Å². The first-order valence-corrected chi connectivity index (χ1v) is 7.16. The Morgan fingerprint density at radius 2 is 2.21 bits per heavy atom. The molecule has 1 saturated carbocycles. The molecule has 0 amide bonds. The molecule has 1 fully saturated rings. The topological polar surface area (TPSA) is 52.0 Å². The lowest BCUT2D eigenvalue weighted by molar-refractivity contribution is 0.0504. The van der Waals surface area contributed by atoms with Crippen LogP contribution in [0.2, 0.25) is 0 Å². The minimum atomic E-state index is 0.107. The SMILES string of the molecule is COC1CCCC(n2cc(CNC(C)(C)C)nn2)C1. The van der Waals surface area contributed by atoms with Gasteiger partial charge >= 0.3 is 0 Å². The van der Waals surface area contributed by atoms with Crippen LogP contribution in [0.4, 0.5) is 0 Å². The molecule has 0 aliphatic heterocycles. The largest absolute Gasteiger partial charge is 0.381 e. The van der Waals surface area contributed by atoms with Crippen molar-refractivity contribution < 1.29 is 4.74 Å². The first-order valence-electron chi connectivity index (χ1n) is 7.16. The molecule has 0 bridgehead atoms. The molecule has 2 rings (SSSR count). The minimum absolute atomic E-state index is 0.107. The van der Waals surface area contributed by atoms with E-state index in [9.17, 15) is 0 Å². The van der Waals surface area contributed by atoms with Crippen LogP contribution in [-0.4, -0.2) is 33.7 Å². The molecule has 1 aliphatic carbocycles. The summed E-state index contributed by atoms with van der Waals surface area (Å²) in [6.07, 6.45) is 7.04. The third-order valence-corrected chi connectivity index (χ3v) is 3.66. The predicted octanol–water partition coefficient (Wildman–Crippen LogP) is 2.30. The molecule has 0 spiro atoms. The number of hydrogen-bond donors (Lipinski definition) is 1. The van der Waals surface area contributed by atoms with E-state index in [-0.39, 0.29) is 5.54 Å². The summed E-state index contributed by atoms with van der Waals surface area (Å²) >= 11 is 0. The summed E-state index contributed by atoms with van der Waals surface area (Å²) in [6.45, 7) is 7.23. The Bertz CT molecular complexity index is 396. The minimum Gasteiger partial charge on any atom is -0.381 e. The third-order valence-electron chi connectivity index (χ3n) is 3.66. The fourth-order valence-corrected chi connectivity index (χ4v) is 2.50. The molecular weight excluding hydrogens is 240 g/mol. The van der Waals surface area contributed by atoms with Crippen LogP contribution in [0.3, 0.4) is 0 Å². The van der Waals surface area contributed by atoms with Crippen molar-refractivity contribution in [2.24, 2.45) is 0 Å². The van der Waals surface area contributed by atoms with Gasteiger partial charge in [0.2, 0.25) is 0 Å². The summed E-state index contributed by atoms with van der Waals surface area (Å²) in [4.78, 5) is 0. The predicted molar refractivity (Wildman–Crippen MR) is 74.9 cm³/mol. The number of ether oxygens (including phenoxy) is 1. The van der Waals surface area contributed by atoms with Gasteiger partial charge in [-0.3, -0.25) is 0 Å². The zero-order chi connectivity index (χ0) is 13.9. The lowest BCUT2D eigenvalue weighted by Crippen LogP contribution is -2.35. The van der Waals surface area contributed by atoms with Crippen LogP contribution in [-0.2, 0) is 11.3 Å². The molecule has 2 atom stereocenters. The van der Waals surface area contributed by atoms with E-state index in [0.717, 1.165) is 18.7 Å². The maximum atomic E-state index is 5.47. The van der Waals surface area contributed by atoms with Gasteiger partial charge < -0.3 is 10.1 Å². The molecule has 1 N–H and O–H groups in total. The Morgan fingerprint density at radius 1 is 1.42 bits per heavy atom. The van der Waals surface area contributed by atoms with E-state index < -0.39 is 0 Å². The van der Waals surface area contributed by atoms with Crippen LogP contribution < -0.4 is 5.32 Å². The van der Waals surface area contributed by atoms with Gasteiger partial charge in [-0.15, -0.1) is 5.10 Å². The zero-order valence-electron chi connectivity index (χ0n) is 12.5. The summed E-state index contributed by atoms with van der Waals surface area (Å²) < 4.78 is 7.49. The second-order valence-electron chi connectivity index (χ2n) is 6.47. The Hall–Kier alpha value is -0.940. The van der Waals surface area contributed by atoms with Crippen molar-refractivity contribution in [1.82, 2.24) is 20.3 Å². The van der Waals surface area contributed by atoms with Crippen molar-refractivity contribution in [2.45, 2.75) is 70.7 Å². The van der Waals surface area contributed by atoms with Gasteiger partial charge in [0, 0.05) is 19.2 Å². The van der Waals surface area contributed by atoms with Crippen LogP contribution in [0, 0.1) is 0 Å². The second kappa shape index (κ2) is 6.01. The maximum absolute atomic E-state index is 5.47. The zero-order valence-corrected chi connectivity index (χ0v) is 12.5. The van der Waals surface area contributed by atoms with Gasteiger partial charge in [0.25, 0.3) is 0 Å². The molecule has 108 valence electrons. The Morgan fingerprint density at radius 3 is 2.89 bits per heavy atom. The number of aromatic nitrogens is 3. The summed E-state index contributed by atoms with van der Waals surface area (Å²) in [5, 5.41) is 12.0. The average molecular weight is 266 g/mol. The van der Waals surface area contributed by atoms with Crippen molar-refractivity contribution in [3.63, 3.8) is 0 Å². The summed E-state index contributed by atoms with van der Waals surface area (Å²) in [7, 11) is 1.80. The summed E-state index contributed by atoms with van der Waals surface area (Å²) in [6, 6.07) is 0.439. The monoisotopic (exact) mass is 266 g/mol. The standard InChI is InChI=1S/C14H26N4O/c1-14(2,3)15-9-11-10-18(17-16-11)12-6-5-7-13(8-12)19-4/h10,12-13,15H,5-9H2,1-4H3. The highest BCUT2D eigenvalue weighted by molar-refractivity contribution is 4.95. The average Bonchev–Trinajstić information content (AvgIpc) is 2.84. The summed E-state index contributed by atoms with van der Waals surface area (Å²) in [5.41, 5.74) is 1.12. The van der Waals surface area contributed by atoms with Gasteiger partial charge in [0.1, 0.15) is 0 Å². The smallest absolute Gasteiger partial charge is 0.0965 e. The molecule has 0 aromatic carbocycles. The van der Waals surface area contributed by atoms with E-state index >= 15 is 0 Å². The van der Waals surface area contributed by atoms with Crippen LogP contribution in [0.1, 0.15) is 58.2 Å². The lowest BCUT2D eigenvalue weighted by Gasteiger charge is -2.27. The fourth-order valence-electron chi connectivity index (χ4n) is 2.50. The maximum Gasteiger partial charge on any atom is 0.0965 e. The van der Waals surface area contributed by atoms with Gasteiger partial charge in [0.15, 0.2) is 0 Å².